The van der Waals surface area contributed by atoms with Crippen LogP contribution in [0, 0.1) is 17.5 Å². The lowest BCUT2D eigenvalue weighted by atomic mass is 9.99. The molecule has 2 rings (SSSR count). The van der Waals surface area contributed by atoms with E-state index in [1.807, 2.05) is 0 Å². The van der Waals surface area contributed by atoms with E-state index in [0.29, 0.717) is 15.6 Å². The van der Waals surface area contributed by atoms with Gasteiger partial charge in [0.1, 0.15) is 17.5 Å². The van der Waals surface area contributed by atoms with Crippen molar-refractivity contribution in [2.45, 2.75) is 12.5 Å². The molecule has 0 aliphatic carbocycles. The Bertz CT molecular complexity index is 581. The van der Waals surface area contributed by atoms with E-state index in [-0.39, 0.29) is 6.42 Å². The number of hydrogen-bond donors (Lipinski definition) is 1. The molecule has 0 radical (unpaired) electrons. The summed E-state index contributed by atoms with van der Waals surface area (Å²) in [6.07, 6.45) is 0.232. The first-order valence-corrected chi connectivity index (χ1v) is 6.40. The Kier molecular flexibility index (Phi) is 4.27. The van der Waals surface area contributed by atoms with Crippen LogP contribution in [0.4, 0.5) is 13.2 Å². The van der Waals surface area contributed by atoms with Gasteiger partial charge in [-0.25, -0.2) is 13.2 Å². The van der Waals surface area contributed by atoms with Gasteiger partial charge in [-0.05, 0) is 57.7 Å². The molecule has 100 valence electrons. The van der Waals surface area contributed by atoms with Crippen molar-refractivity contribution in [3.05, 3.63) is 69.4 Å². The number of hydrogen-bond acceptors (Lipinski definition) is 1. The van der Waals surface area contributed by atoms with Gasteiger partial charge in [0.15, 0.2) is 0 Å². The Morgan fingerprint density at radius 1 is 1.00 bits per heavy atom. The van der Waals surface area contributed by atoms with Crippen LogP contribution in [-0.4, -0.2) is 0 Å². The molecular formula is C14H11BrF3N. The molecule has 0 spiro atoms. The highest BCUT2D eigenvalue weighted by Crippen LogP contribution is 2.22. The van der Waals surface area contributed by atoms with Crippen molar-refractivity contribution in [3.8, 4) is 0 Å². The number of benzene rings is 2. The van der Waals surface area contributed by atoms with Crippen molar-refractivity contribution in [1.29, 1.82) is 0 Å². The summed E-state index contributed by atoms with van der Waals surface area (Å²) in [5.74, 6) is -1.72. The smallest absolute Gasteiger partial charge is 0.137 e. The van der Waals surface area contributed by atoms with E-state index in [1.165, 1.54) is 18.2 Å². The predicted octanol–water partition coefficient (Wildman–Crippen LogP) is 4.11. The second kappa shape index (κ2) is 5.75. The van der Waals surface area contributed by atoms with Gasteiger partial charge in [0, 0.05) is 12.1 Å². The Labute approximate surface area is 117 Å². The monoisotopic (exact) mass is 329 g/mol. The highest BCUT2D eigenvalue weighted by molar-refractivity contribution is 9.10. The van der Waals surface area contributed by atoms with Crippen molar-refractivity contribution >= 4 is 15.9 Å². The molecule has 2 aromatic carbocycles. The molecule has 2 N–H and O–H groups in total. The van der Waals surface area contributed by atoms with Crippen molar-refractivity contribution in [1.82, 2.24) is 0 Å². The molecule has 0 aliphatic heterocycles. The van der Waals surface area contributed by atoms with Crippen LogP contribution in [0.25, 0.3) is 0 Å². The lowest BCUT2D eigenvalue weighted by Crippen LogP contribution is -2.14. The molecule has 5 heteroatoms. The molecule has 19 heavy (non-hydrogen) atoms. The molecule has 1 atom stereocenters. The topological polar surface area (TPSA) is 26.0 Å². The molecule has 0 saturated heterocycles. The molecule has 0 fully saturated rings. The lowest BCUT2D eigenvalue weighted by molar-refractivity contribution is 0.575. The first-order chi connectivity index (χ1) is 8.95. The van der Waals surface area contributed by atoms with Gasteiger partial charge in [-0.1, -0.05) is 6.07 Å². The number of halogens is 4. The van der Waals surface area contributed by atoms with Gasteiger partial charge in [-0.15, -0.1) is 0 Å². The normalized spacial score (nSPS) is 12.5. The summed E-state index contributed by atoms with van der Waals surface area (Å²) < 4.78 is 39.8. The van der Waals surface area contributed by atoms with Crippen LogP contribution >= 0.6 is 15.9 Å². The van der Waals surface area contributed by atoms with E-state index in [1.54, 1.807) is 12.1 Å². The molecule has 1 unspecified atom stereocenters. The fourth-order valence-corrected chi connectivity index (χ4v) is 2.09. The minimum absolute atomic E-state index is 0.232. The van der Waals surface area contributed by atoms with Crippen LogP contribution in [0.1, 0.15) is 17.2 Å². The average Bonchev–Trinajstić information content (AvgIpc) is 2.31. The minimum Gasteiger partial charge on any atom is -0.324 e. The Balaban J connectivity index is 2.20. The standard InChI is InChI=1S/C14H11BrF3N/c15-12-2-1-9(6-13(12)18)14(19)5-8-3-10(16)7-11(17)4-8/h1-4,6-7,14H,5,19H2. The molecule has 2 aromatic rings. The summed E-state index contributed by atoms with van der Waals surface area (Å²) in [5.41, 5.74) is 6.93. The summed E-state index contributed by atoms with van der Waals surface area (Å²) in [6.45, 7) is 0. The zero-order valence-corrected chi connectivity index (χ0v) is 11.4. The summed E-state index contributed by atoms with van der Waals surface area (Å²) in [7, 11) is 0. The second-order valence-electron chi connectivity index (χ2n) is 4.26. The number of rotatable bonds is 3. The second-order valence-corrected chi connectivity index (χ2v) is 5.12. The SMILES string of the molecule is NC(Cc1cc(F)cc(F)c1)c1ccc(Br)c(F)c1. The maximum absolute atomic E-state index is 13.4. The van der Waals surface area contributed by atoms with Gasteiger partial charge in [0.2, 0.25) is 0 Å². The number of nitrogens with two attached hydrogens (primary N) is 1. The quantitative estimate of drug-likeness (QED) is 0.901. The third kappa shape index (κ3) is 3.58. The van der Waals surface area contributed by atoms with Gasteiger partial charge in [0.25, 0.3) is 0 Å². The Morgan fingerprint density at radius 2 is 1.63 bits per heavy atom. The highest BCUT2D eigenvalue weighted by atomic mass is 79.9. The molecule has 0 aromatic heterocycles. The van der Waals surface area contributed by atoms with Crippen LogP contribution in [0.3, 0.4) is 0 Å². The molecular weight excluding hydrogens is 319 g/mol. The van der Waals surface area contributed by atoms with Crippen molar-refractivity contribution in [3.63, 3.8) is 0 Å². The molecule has 0 aliphatic rings. The average molecular weight is 330 g/mol. The lowest BCUT2D eigenvalue weighted by Gasteiger charge is -2.13. The van der Waals surface area contributed by atoms with Crippen LogP contribution in [-0.2, 0) is 6.42 Å². The van der Waals surface area contributed by atoms with Crippen molar-refractivity contribution in [2.75, 3.05) is 0 Å². The van der Waals surface area contributed by atoms with E-state index in [0.717, 1.165) is 6.07 Å². The largest absolute Gasteiger partial charge is 0.324 e. The fraction of sp³-hybridized carbons (Fsp3) is 0.143. The van der Waals surface area contributed by atoms with Gasteiger partial charge in [0.05, 0.1) is 4.47 Å². The summed E-state index contributed by atoms with van der Waals surface area (Å²) in [6, 6.07) is 7.25. The zero-order valence-electron chi connectivity index (χ0n) is 9.84. The Morgan fingerprint density at radius 3 is 2.21 bits per heavy atom. The minimum atomic E-state index is -0.649. The van der Waals surface area contributed by atoms with Gasteiger partial charge in [-0.3, -0.25) is 0 Å². The van der Waals surface area contributed by atoms with Crippen LogP contribution in [0.5, 0.6) is 0 Å². The van der Waals surface area contributed by atoms with E-state index in [9.17, 15) is 13.2 Å². The van der Waals surface area contributed by atoms with E-state index >= 15 is 0 Å². The van der Waals surface area contributed by atoms with E-state index in [2.05, 4.69) is 15.9 Å². The fourth-order valence-electron chi connectivity index (χ4n) is 1.84. The van der Waals surface area contributed by atoms with Crippen LogP contribution in [0.15, 0.2) is 40.9 Å². The molecule has 0 saturated carbocycles. The summed E-state index contributed by atoms with van der Waals surface area (Å²) in [5, 5.41) is 0. The van der Waals surface area contributed by atoms with E-state index < -0.39 is 23.5 Å². The van der Waals surface area contributed by atoms with E-state index in [4.69, 9.17) is 5.73 Å². The zero-order chi connectivity index (χ0) is 14.0. The van der Waals surface area contributed by atoms with Crippen molar-refractivity contribution < 1.29 is 13.2 Å². The third-order valence-corrected chi connectivity index (χ3v) is 3.39. The summed E-state index contributed by atoms with van der Waals surface area (Å²) in [4.78, 5) is 0. The molecule has 0 amide bonds. The molecule has 0 bridgehead atoms. The first kappa shape index (κ1) is 14.1. The van der Waals surface area contributed by atoms with Crippen LogP contribution in [0.2, 0.25) is 0 Å². The summed E-state index contributed by atoms with van der Waals surface area (Å²) >= 11 is 3.05. The van der Waals surface area contributed by atoms with Gasteiger partial charge < -0.3 is 5.73 Å². The van der Waals surface area contributed by atoms with Gasteiger partial charge in [-0.2, -0.15) is 0 Å². The maximum atomic E-state index is 13.4. The highest BCUT2D eigenvalue weighted by Gasteiger charge is 2.11. The van der Waals surface area contributed by atoms with Gasteiger partial charge >= 0.3 is 0 Å². The van der Waals surface area contributed by atoms with Crippen LogP contribution < -0.4 is 5.73 Å². The molecule has 1 nitrogen and oxygen atoms in total. The maximum Gasteiger partial charge on any atom is 0.137 e. The predicted molar refractivity (Wildman–Crippen MR) is 71.1 cm³/mol. The first-order valence-electron chi connectivity index (χ1n) is 5.61. The third-order valence-electron chi connectivity index (χ3n) is 2.75. The molecule has 0 heterocycles. The Hall–Kier alpha value is -1.33. The van der Waals surface area contributed by atoms with Crippen molar-refractivity contribution in [2.24, 2.45) is 5.73 Å².